The van der Waals surface area contributed by atoms with E-state index in [4.69, 9.17) is 0 Å². The van der Waals surface area contributed by atoms with Crippen LogP contribution in [0.4, 0.5) is 0 Å². The van der Waals surface area contributed by atoms with Crippen molar-refractivity contribution in [1.29, 1.82) is 0 Å². The largest absolute Gasteiger partial charge is 0.352 e. The molecule has 0 aliphatic carbocycles. The molecule has 3 heterocycles. The van der Waals surface area contributed by atoms with E-state index in [1.807, 2.05) is 38.4 Å². The van der Waals surface area contributed by atoms with Crippen LogP contribution in [-0.2, 0) is 0 Å². The number of nitrogens with zero attached hydrogens (tertiary/aromatic N) is 2. The number of rotatable bonds is 0. The van der Waals surface area contributed by atoms with E-state index in [-0.39, 0.29) is 0 Å². The maximum absolute atomic E-state index is 4.28. The topological polar surface area (TPSA) is 41.6 Å². The van der Waals surface area contributed by atoms with Crippen LogP contribution in [-0.4, -0.2) is 15.0 Å². The van der Waals surface area contributed by atoms with Crippen molar-refractivity contribution >= 4 is 21.8 Å². The summed E-state index contributed by atoms with van der Waals surface area (Å²) in [5.74, 6) is 0. The lowest BCUT2D eigenvalue weighted by Crippen LogP contribution is -1.81. The van der Waals surface area contributed by atoms with E-state index in [0.717, 1.165) is 22.4 Å². The van der Waals surface area contributed by atoms with Crippen LogP contribution >= 0.6 is 0 Å². The van der Waals surface area contributed by atoms with E-state index in [1.165, 1.54) is 10.8 Å². The van der Waals surface area contributed by atoms with E-state index in [2.05, 4.69) is 15.0 Å². The lowest BCUT2D eigenvalue weighted by molar-refractivity contribution is 1.20. The maximum Gasteiger partial charge on any atom is 0.0681 e. The Morgan fingerprint density at radius 1 is 0.867 bits per heavy atom. The molecule has 3 heteroatoms. The molecule has 0 atom stereocenters. The Labute approximate surface area is 87.2 Å². The van der Waals surface area contributed by atoms with Gasteiger partial charge in [-0.15, -0.1) is 0 Å². The third kappa shape index (κ3) is 1.06. The summed E-state index contributed by atoms with van der Waals surface area (Å²) in [7, 11) is 0. The molecule has 0 unspecified atom stereocenters. The molecule has 0 saturated carbocycles. The standard InChI is InChI=1S/C12H11N3/c1-7-11-9(3-5-13-7)10-4-6-14-8(2)12(10)15-11/h3-6,15H,1-2H3. The van der Waals surface area contributed by atoms with Gasteiger partial charge in [0, 0.05) is 23.2 Å². The van der Waals surface area contributed by atoms with Gasteiger partial charge in [-0.1, -0.05) is 0 Å². The van der Waals surface area contributed by atoms with Crippen molar-refractivity contribution in [3.8, 4) is 0 Å². The fourth-order valence-corrected chi connectivity index (χ4v) is 2.02. The minimum absolute atomic E-state index is 1.03. The fraction of sp³-hybridized carbons (Fsp3) is 0.167. The zero-order valence-electron chi connectivity index (χ0n) is 8.70. The Kier molecular flexibility index (Phi) is 1.57. The first-order valence-electron chi connectivity index (χ1n) is 4.96. The average Bonchev–Trinajstić information content (AvgIpc) is 2.60. The molecule has 15 heavy (non-hydrogen) atoms. The van der Waals surface area contributed by atoms with Crippen molar-refractivity contribution in [2.24, 2.45) is 0 Å². The van der Waals surface area contributed by atoms with Gasteiger partial charge in [0.1, 0.15) is 0 Å². The SMILES string of the molecule is Cc1nccc2c1[nH]c1c(C)nccc12. The molecule has 0 radical (unpaired) electrons. The summed E-state index contributed by atoms with van der Waals surface area (Å²) < 4.78 is 0. The lowest BCUT2D eigenvalue weighted by atomic mass is 10.2. The van der Waals surface area contributed by atoms with Crippen molar-refractivity contribution in [1.82, 2.24) is 15.0 Å². The number of nitrogens with one attached hydrogen (secondary N) is 1. The molecule has 3 rings (SSSR count). The van der Waals surface area contributed by atoms with Crippen molar-refractivity contribution in [3.05, 3.63) is 35.9 Å². The molecule has 0 aliphatic heterocycles. The minimum atomic E-state index is 1.03. The molecule has 0 amide bonds. The maximum atomic E-state index is 4.28. The predicted molar refractivity (Wildman–Crippen MR) is 60.9 cm³/mol. The number of H-pyrrole nitrogens is 1. The van der Waals surface area contributed by atoms with Crippen molar-refractivity contribution < 1.29 is 0 Å². The number of hydrogen-bond donors (Lipinski definition) is 1. The van der Waals surface area contributed by atoms with Gasteiger partial charge in [-0.3, -0.25) is 9.97 Å². The van der Waals surface area contributed by atoms with E-state index >= 15 is 0 Å². The molecule has 0 spiro atoms. The molecule has 1 N–H and O–H groups in total. The smallest absolute Gasteiger partial charge is 0.0681 e. The van der Waals surface area contributed by atoms with Gasteiger partial charge in [0.15, 0.2) is 0 Å². The third-order valence-corrected chi connectivity index (χ3v) is 2.82. The summed E-state index contributed by atoms with van der Waals surface area (Å²) >= 11 is 0. The highest BCUT2D eigenvalue weighted by molar-refractivity contribution is 6.08. The number of aryl methyl sites for hydroxylation is 2. The molecule has 0 fully saturated rings. The molecule has 74 valence electrons. The predicted octanol–water partition coefficient (Wildman–Crippen LogP) is 2.73. The van der Waals surface area contributed by atoms with Crippen LogP contribution in [0.2, 0.25) is 0 Å². The number of aromatic amines is 1. The number of pyridine rings is 2. The zero-order chi connectivity index (χ0) is 10.4. The Balaban J connectivity index is 2.63. The van der Waals surface area contributed by atoms with Gasteiger partial charge in [-0.2, -0.15) is 0 Å². The molecular weight excluding hydrogens is 186 g/mol. The minimum Gasteiger partial charge on any atom is -0.352 e. The summed E-state index contributed by atoms with van der Waals surface area (Å²) in [6.45, 7) is 4.03. The molecular formula is C12H11N3. The number of fused-ring (bicyclic) bond motifs is 3. The van der Waals surface area contributed by atoms with Gasteiger partial charge in [-0.25, -0.2) is 0 Å². The monoisotopic (exact) mass is 197 g/mol. The fourth-order valence-electron chi connectivity index (χ4n) is 2.02. The quantitative estimate of drug-likeness (QED) is 0.602. The Morgan fingerprint density at radius 2 is 1.33 bits per heavy atom. The Bertz CT molecular complexity index is 596. The van der Waals surface area contributed by atoms with E-state index in [9.17, 15) is 0 Å². The van der Waals surface area contributed by atoms with Crippen LogP contribution in [0.15, 0.2) is 24.5 Å². The highest BCUT2D eigenvalue weighted by Gasteiger charge is 2.07. The van der Waals surface area contributed by atoms with Crippen molar-refractivity contribution in [3.63, 3.8) is 0 Å². The van der Waals surface area contributed by atoms with Gasteiger partial charge >= 0.3 is 0 Å². The molecule has 0 saturated heterocycles. The second-order valence-electron chi connectivity index (χ2n) is 3.76. The van der Waals surface area contributed by atoms with Crippen molar-refractivity contribution in [2.75, 3.05) is 0 Å². The normalized spacial score (nSPS) is 11.3. The summed E-state index contributed by atoms with van der Waals surface area (Å²) in [4.78, 5) is 12.0. The first-order valence-corrected chi connectivity index (χ1v) is 4.96. The second-order valence-corrected chi connectivity index (χ2v) is 3.76. The number of aromatic nitrogens is 3. The molecule has 3 aromatic heterocycles. The van der Waals surface area contributed by atoms with Gasteiger partial charge < -0.3 is 4.98 Å². The van der Waals surface area contributed by atoms with Crippen molar-refractivity contribution in [2.45, 2.75) is 13.8 Å². The van der Waals surface area contributed by atoms with Crippen LogP contribution in [0, 0.1) is 13.8 Å². The molecule has 0 aromatic carbocycles. The third-order valence-electron chi connectivity index (χ3n) is 2.82. The second kappa shape index (κ2) is 2.79. The van der Waals surface area contributed by atoms with Gasteiger partial charge in [0.05, 0.1) is 22.4 Å². The Morgan fingerprint density at radius 3 is 1.80 bits per heavy atom. The van der Waals surface area contributed by atoms with E-state index in [0.29, 0.717) is 0 Å². The first kappa shape index (κ1) is 8.41. The summed E-state index contributed by atoms with van der Waals surface area (Å²) in [5, 5.41) is 2.45. The van der Waals surface area contributed by atoms with Crippen LogP contribution in [0.5, 0.6) is 0 Å². The average molecular weight is 197 g/mol. The zero-order valence-corrected chi connectivity index (χ0v) is 8.70. The Hall–Kier alpha value is -1.90. The van der Waals surface area contributed by atoms with Crippen LogP contribution in [0.1, 0.15) is 11.4 Å². The van der Waals surface area contributed by atoms with Crippen LogP contribution < -0.4 is 0 Å². The summed E-state index contributed by atoms with van der Waals surface area (Å²) in [6, 6.07) is 4.08. The highest BCUT2D eigenvalue weighted by Crippen LogP contribution is 2.26. The van der Waals surface area contributed by atoms with Gasteiger partial charge in [-0.05, 0) is 26.0 Å². The van der Waals surface area contributed by atoms with E-state index < -0.39 is 0 Å². The number of hydrogen-bond acceptors (Lipinski definition) is 2. The summed E-state index contributed by atoms with van der Waals surface area (Å²) in [6.07, 6.45) is 3.70. The molecule has 0 bridgehead atoms. The molecule has 3 aromatic rings. The highest BCUT2D eigenvalue weighted by atomic mass is 14.8. The van der Waals surface area contributed by atoms with E-state index in [1.54, 1.807) is 0 Å². The van der Waals surface area contributed by atoms with Gasteiger partial charge in [0.2, 0.25) is 0 Å². The lowest BCUT2D eigenvalue weighted by Gasteiger charge is -1.93. The molecule has 0 aliphatic rings. The van der Waals surface area contributed by atoms with Gasteiger partial charge in [0.25, 0.3) is 0 Å². The first-order chi connectivity index (χ1) is 7.27. The molecule has 3 nitrogen and oxygen atoms in total. The summed E-state index contributed by atoms with van der Waals surface area (Å²) in [5.41, 5.74) is 4.29. The van der Waals surface area contributed by atoms with Crippen LogP contribution in [0.25, 0.3) is 21.8 Å². The van der Waals surface area contributed by atoms with Crippen LogP contribution in [0.3, 0.4) is 0 Å².